The third-order valence-corrected chi connectivity index (χ3v) is 10.1. The Morgan fingerprint density at radius 2 is 2.04 bits per heavy atom. The highest BCUT2D eigenvalue weighted by Crippen LogP contribution is 2.46. The van der Waals surface area contributed by atoms with Gasteiger partial charge >= 0.3 is 0 Å². The van der Waals surface area contributed by atoms with E-state index < -0.39 is 16.5 Å². The second kappa shape index (κ2) is 8.20. The molecular weight excluding hydrogens is 460 g/mol. The summed E-state index contributed by atoms with van der Waals surface area (Å²) in [6.07, 6.45) is 4.05. The van der Waals surface area contributed by atoms with Gasteiger partial charge in [-0.1, -0.05) is 24.4 Å². The lowest BCUT2D eigenvalue weighted by Crippen LogP contribution is -2.48. The highest BCUT2D eigenvalue weighted by atomic mass is 79.9. The first-order valence-electron chi connectivity index (χ1n) is 8.22. The third kappa shape index (κ3) is 5.24. The smallest absolute Gasteiger partial charge is 0.102 e. The Kier molecular flexibility index (Phi) is 7.12. The maximum Gasteiger partial charge on any atom is 0.102 e. The van der Waals surface area contributed by atoms with E-state index in [1.54, 1.807) is 23.1 Å². The fourth-order valence-corrected chi connectivity index (χ4v) is 7.51. The van der Waals surface area contributed by atoms with Crippen LogP contribution in [0.4, 0.5) is 0 Å². The van der Waals surface area contributed by atoms with Crippen molar-refractivity contribution in [2.24, 2.45) is 0 Å². The van der Waals surface area contributed by atoms with Crippen LogP contribution in [0.5, 0.6) is 0 Å². The monoisotopic (exact) mass is 482 g/mol. The van der Waals surface area contributed by atoms with Crippen LogP contribution < -0.4 is 4.72 Å². The van der Waals surface area contributed by atoms with Gasteiger partial charge in [-0.25, -0.2) is 8.93 Å². The van der Waals surface area contributed by atoms with Gasteiger partial charge in [0, 0.05) is 10.6 Å². The summed E-state index contributed by atoms with van der Waals surface area (Å²) in [6.45, 7) is 7.88. The lowest BCUT2D eigenvalue weighted by Gasteiger charge is -2.34. The number of thioether (sulfide) groups is 1. The van der Waals surface area contributed by atoms with Gasteiger partial charge < -0.3 is 0 Å². The number of nitriles is 1. The standard InChI is InChI=1S/C17H24BrClN2OS3/c1-15(2,3)25(22)21-16(4,14-12(19)9-13(18)24-14)11-23-17(10-20)7-5-6-8-17/h9,21H,5-8,11H2,1-4H3/t16-,25+/m0/s1. The van der Waals surface area contributed by atoms with Gasteiger partial charge in [0.1, 0.15) is 4.75 Å². The first-order chi connectivity index (χ1) is 11.5. The molecule has 0 aromatic carbocycles. The summed E-state index contributed by atoms with van der Waals surface area (Å²) in [5, 5.41) is 10.3. The van der Waals surface area contributed by atoms with Crippen LogP contribution in [0.2, 0.25) is 5.02 Å². The van der Waals surface area contributed by atoms with Crippen molar-refractivity contribution in [2.75, 3.05) is 5.75 Å². The first-order valence-corrected chi connectivity index (χ1v) is 12.3. The molecule has 2 atom stereocenters. The molecule has 1 heterocycles. The molecule has 8 heteroatoms. The van der Waals surface area contributed by atoms with Crippen LogP contribution in [-0.4, -0.2) is 19.5 Å². The van der Waals surface area contributed by atoms with Crippen molar-refractivity contribution in [1.29, 1.82) is 5.26 Å². The Morgan fingerprint density at radius 1 is 1.44 bits per heavy atom. The quantitative estimate of drug-likeness (QED) is 0.540. The SMILES string of the molecule is CC(C)(C)[S@@](=O)N[C@@](C)(CSC1(C#N)CCCC1)c1sc(Br)cc1Cl. The molecule has 0 radical (unpaired) electrons. The molecule has 0 saturated heterocycles. The average molecular weight is 484 g/mol. The molecule has 1 aliphatic rings. The molecule has 0 aliphatic heterocycles. The molecule has 1 aliphatic carbocycles. The fourth-order valence-electron chi connectivity index (χ4n) is 2.73. The molecule has 2 rings (SSSR count). The lowest BCUT2D eigenvalue weighted by molar-refractivity contribution is 0.503. The zero-order valence-electron chi connectivity index (χ0n) is 14.9. The van der Waals surface area contributed by atoms with Crippen LogP contribution in [-0.2, 0) is 16.5 Å². The average Bonchev–Trinajstić information content (AvgIpc) is 3.11. The fraction of sp³-hybridized carbons (Fsp3) is 0.706. The molecule has 1 N–H and O–H groups in total. The van der Waals surface area contributed by atoms with Crippen LogP contribution in [0.15, 0.2) is 9.85 Å². The zero-order valence-corrected chi connectivity index (χ0v) is 19.7. The normalized spacial score (nSPS) is 20.8. The van der Waals surface area contributed by atoms with Crippen LogP contribution in [0.3, 0.4) is 0 Å². The molecule has 0 spiro atoms. The number of hydrogen-bond donors (Lipinski definition) is 1. The molecule has 0 unspecified atom stereocenters. The van der Waals surface area contributed by atoms with Crippen molar-refractivity contribution in [3.63, 3.8) is 0 Å². The molecule has 0 bridgehead atoms. The summed E-state index contributed by atoms with van der Waals surface area (Å²) >= 11 is 13.2. The Balaban J connectivity index is 2.30. The van der Waals surface area contributed by atoms with Crippen LogP contribution in [0.25, 0.3) is 0 Å². The predicted molar refractivity (Wildman–Crippen MR) is 115 cm³/mol. The summed E-state index contributed by atoms with van der Waals surface area (Å²) < 4.78 is 16.3. The molecule has 3 nitrogen and oxygen atoms in total. The van der Waals surface area contributed by atoms with E-state index in [1.165, 1.54) is 0 Å². The maximum absolute atomic E-state index is 12.8. The van der Waals surface area contributed by atoms with Crippen LogP contribution >= 0.6 is 50.6 Å². The Morgan fingerprint density at radius 3 is 2.48 bits per heavy atom. The third-order valence-electron chi connectivity index (χ3n) is 4.28. The summed E-state index contributed by atoms with van der Waals surface area (Å²) in [7, 11) is -1.24. The highest BCUT2D eigenvalue weighted by molar-refractivity contribution is 9.11. The summed E-state index contributed by atoms with van der Waals surface area (Å²) in [5.74, 6) is 0.648. The van der Waals surface area contributed by atoms with Crippen molar-refractivity contribution >= 4 is 61.6 Å². The van der Waals surface area contributed by atoms with Gasteiger partial charge in [0.15, 0.2) is 0 Å². The molecule has 1 fully saturated rings. The van der Waals surface area contributed by atoms with Gasteiger partial charge in [0.25, 0.3) is 0 Å². The number of rotatable bonds is 6. The Labute approximate surface area is 175 Å². The molecule has 140 valence electrons. The lowest BCUT2D eigenvalue weighted by atomic mass is 10.1. The molecule has 25 heavy (non-hydrogen) atoms. The van der Waals surface area contributed by atoms with Crippen molar-refractivity contribution < 1.29 is 4.21 Å². The minimum atomic E-state index is -1.24. The number of nitrogens with one attached hydrogen (secondary N) is 1. The van der Waals surface area contributed by atoms with Gasteiger partial charge in [0.2, 0.25) is 0 Å². The van der Waals surface area contributed by atoms with E-state index in [0.717, 1.165) is 34.3 Å². The van der Waals surface area contributed by atoms with Crippen LogP contribution in [0, 0.1) is 11.3 Å². The zero-order chi connectivity index (χ0) is 18.9. The molecule has 1 aromatic heterocycles. The minimum absolute atomic E-state index is 0.326. The second-order valence-electron chi connectivity index (χ2n) is 7.64. The molecule has 1 aromatic rings. The van der Waals surface area contributed by atoms with Gasteiger partial charge in [-0.3, -0.25) is 0 Å². The number of hydrogen-bond acceptors (Lipinski definition) is 4. The topological polar surface area (TPSA) is 52.9 Å². The Hall–Kier alpha value is 0.420. The van der Waals surface area contributed by atoms with Gasteiger partial charge in [-0.05, 0) is 62.5 Å². The minimum Gasteiger partial charge on any atom is -0.242 e. The van der Waals surface area contributed by atoms with E-state index in [2.05, 4.69) is 26.7 Å². The van der Waals surface area contributed by atoms with Gasteiger partial charge in [-0.2, -0.15) is 5.26 Å². The molecule has 0 amide bonds. The largest absolute Gasteiger partial charge is 0.242 e. The number of nitrogens with zero attached hydrogens (tertiary/aromatic N) is 1. The van der Waals surface area contributed by atoms with Gasteiger partial charge in [0.05, 0.1) is 36.1 Å². The first kappa shape index (κ1) is 21.7. The van der Waals surface area contributed by atoms with E-state index in [0.29, 0.717) is 10.8 Å². The Bertz CT molecular complexity index is 689. The highest BCUT2D eigenvalue weighted by Gasteiger charge is 2.41. The van der Waals surface area contributed by atoms with Crippen molar-refractivity contribution in [3.8, 4) is 6.07 Å². The van der Waals surface area contributed by atoms with E-state index in [4.69, 9.17) is 11.6 Å². The van der Waals surface area contributed by atoms with Crippen molar-refractivity contribution in [3.05, 3.63) is 19.8 Å². The summed E-state index contributed by atoms with van der Waals surface area (Å²) in [5.41, 5.74) is -0.566. The van der Waals surface area contributed by atoms with E-state index in [9.17, 15) is 9.47 Å². The predicted octanol–water partition coefficient (Wildman–Crippen LogP) is 6.00. The van der Waals surface area contributed by atoms with Crippen molar-refractivity contribution in [2.45, 2.75) is 68.4 Å². The van der Waals surface area contributed by atoms with Crippen LogP contribution in [0.1, 0.15) is 58.3 Å². The summed E-state index contributed by atoms with van der Waals surface area (Å²) in [4.78, 5) is 0.956. The van der Waals surface area contributed by atoms with Gasteiger partial charge in [-0.15, -0.1) is 23.1 Å². The van der Waals surface area contributed by atoms with Crippen molar-refractivity contribution in [1.82, 2.24) is 4.72 Å². The summed E-state index contributed by atoms with van der Waals surface area (Å²) in [6, 6.07) is 4.40. The molecule has 1 saturated carbocycles. The van der Waals surface area contributed by atoms with E-state index in [-0.39, 0.29) is 9.49 Å². The van der Waals surface area contributed by atoms with E-state index in [1.807, 2.05) is 33.8 Å². The number of halogens is 2. The molecular formula is C17H24BrClN2OS3. The van der Waals surface area contributed by atoms with E-state index >= 15 is 0 Å². The maximum atomic E-state index is 12.8. The number of thiophene rings is 1. The second-order valence-corrected chi connectivity index (χ2v) is 13.8.